The van der Waals surface area contributed by atoms with Gasteiger partial charge in [0, 0.05) is 7.11 Å². The summed E-state index contributed by atoms with van der Waals surface area (Å²) in [5.41, 5.74) is 0.734. The highest BCUT2D eigenvalue weighted by atomic mass is 28.4. The molecule has 0 radical (unpaired) electrons. The fourth-order valence-electron chi connectivity index (χ4n) is 3.55. The summed E-state index contributed by atoms with van der Waals surface area (Å²) in [6.07, 6.45) is -0.131. The van der Waals surface area contributed by atoms with Gasteiger partial charge in [0.1, 0.15) is 17.8 Å². The smallest absolute Gasteiger partial charge is 0.184 e. The summed E-state index contributed by atoms with van der Waals surface area (Å²) in [6.45, 7) is 15.6. The molecular formula is C19H32O3Si. The molecule has 0 aliphatic carbocycles. The van der Waals surface area contributed by atoms with Gasteiger partial charge in [0.2, 0.25) is 0 Å². The van der Waals surface area contributed by atoms with Crippen LogP contribution in [0.5, 0.6) is 0 Å². The molecule has 0 saturated carbocycles. The molecule has 0 unspecified atom stereocenters. The van der Waals surface area contributed by atoms with Crippen LogP contribution in [0, 0.1) is 5.41 Å². The minimum absolute atomic E-state index is 0.00876. The third-order valence-corrected chi connectivity index (χ3v) is 5.59. The lowest BCUT2D eigenvalue weighted by Gasteiger charge is -2.64. The van der Waals surface area contributed by atoms with Crippen molar-refractivity contribution in [1.82, 2.24) is 0 Å². The molecule has 0 amide bonds. The molecule has 23 heavy (non-hydrogen) atoms. The highest BCUT2D eigenvalue weighted by Gasteiger charge is 2.67. The first-order chi connectivity index (χ1) is 10.5. The van der Waals surface area contributed by atoms with Crippen LogP contribution in [0.15, 0.2) is 30.3 Å². The molecule has 0 N–H and O–H groups in total. The highest BCUT2D eigenvalue weighted by Crippen LogP contribution is 2.58. The summed E-state index contributed by atoms with van der Waals surface area (Å²) in [4.78, 5) is 0. The van der Waals surface area contributed by atoms with Crippen LogP contribution in [0.4, 0.5) is 0 Å². The summed E-state index contributed by atoms with van der Waals surface area (Å²) < 4.78 is 18.8. The zero-order valence-corrected chi connectivity index (χ0v) is 16.8. The van der Waals surface area contributed by atoms with E-state index in [0.717, 1.165) is 0 Å². The van der Waals surface area contributed by atoms with E-state index in [0.29, 0.717) is 0 Å². The summed E-state index contributed by atoms with van der Waals surface area (Å²) >= 11 is 0. The van der Waals surface area contributed by atoms with Crippen molar-refractivity contribution < 1.29 is 13.9 Å². The predicted molar refractivity (Wildman–Crippen MR) is 97.1 cm³/mol. The quantitative estimate of drug-likeness (QED) is 0.723. The Morgan fingerprint density at radius 3 is 2.13 bits per heavy atom. The van der Waals surface area contributed by atoms with Crippen LogP contribution in [0.25, 0.3) is 0 Å². The topological polar surface area (TPSA) is 27.7 Å². The van der Waals surface area contributed by atoms with E-state index in [9.17, 15) is 0 Å². The fourth-order valence-corrected chi connectivity index (χ4v) is 5.10. The molecule has 1 saturated heterocycles. The molecule has 1 heterocycles. The van der Waals surface area contributed by atoms with Gasteiger partial charge in [-0.05, 0) is 37.5 Å². The third kappa shape index (κ3) is 3.41. The van der Waals surface area contributed by atoms with Gasteiger partial charge in [-0.3, -0.25) is 0 Å². The first-order valence-corrected chi connectivity index (χ1v) is 11.9. The maximum atomic E-state index is 6.86. The predicted octanol–water partition coefficient (Wildman–Crippen LogP) is 4.80. The van der Waals surface area contributed by atoms with Gasteiger partial charge in [-0.25, -0.2) is 0 Å². The molecule has 3 nitrogen and oxygen atoms in total. The molecule has 130 valence electrons. The van der Waals surface area contributed by atoms with Crippen molar-refractivity contribution in [2.45, 2.75) is 71.2 Å². The van der Waals surface area contributed by atoms with Crippen molar-refractivity contribution in [1.29, 1.82) is 0 Å². The Balaban J connectivity index is 2.51. The maximum Gasteiger partial charge on any atom is 0.184 e. The third-order valence-electron chi connectivity index (χ3n) is 4.64. The standard InChI is InChI=1S/C19H32O3Si/c1-14(20-5)16-19(18(2,3)4,22-23(6,7)8)17(21-16)15-12-10-9-11-13-15/h9-14,16-17H,1-8H3/t14-,16-,17+,19+/m0/s1. The highest BCUT2D eigenvalue weighted by molar-refractivity contribution is 6.69. The molecule has 0 aromatic heterocycles. The molecule has 1 aliphatic heterocycles. The lowest BCUT2D eigenvalue weighted by molar-refractivity contribution is -0.344. The van der Waals surface area contributed by atoms with E-state index in [2.05, 4.69) is 71.6 Å². The van der Waals surface area contributed by atoms with E-state index >= 15 is 0 Å². The summed E-state index contributed by atoms with van der Waals surface area (Å²) in [5.74, 6) is 0. The van der Waals surface area contributed by atoms with E-state index in [1.807, 2.05) is 6.07 Å². The molecule has 1 aromatic rings. The minimum Gasteiger partial charge on any atom is -0.406 e. The molecule has 0 bridgehead atoms. The zero-order chi connectivity index (χ0) is 17.5. The first kappa shape index (κ1) is 18.7. The van der Waals surface area contributed by atoms with Crippen LogP contribution in [-0.4, -0.2) is 33.2 Å². The van der Waals surface area contributed by atoms with E-state index in [4.69, 9.17) is 13.9 Å². The Kier molecular flexibility index (Phi) is 5.12. The Bertz CT molecular complexity index is 518. The number of hydrogen-bond donors (Lipinski definition) is 0. The van der Waals surface area contributed by atoms with Crippen molar-refractivity contribution >= 4 is 8.32 Å². The monoisotopic (exact) mass is 336 g/mol. The van der Waals surface area contributed by atoms with Gasteiger partial charge in [-0.1, -0.05) is 51.1 Å². The number of benzene rings is 1. The lowest BCUT2D eigenvalue weighted by atomic mass is 9.63. The Hall–Kier alpha value is -0.683. The van der Waals surface area contributed by atoms with Crippen molar-refractivity contribution in [3.05, 3.63) is 35.9 Å². The molecule has 0 spiro atoms. The molecule has 4 heteroatoms. The number of rotatable bonds is 5. The Labute approximate surface area is 142 Å². The number of ether oxygens (including phenoxy) is 2. The van der Waals surface area contributed by atoms with Crippen LogP contribution in [-0.2, 0) is 13.9 Å². The van der Waals surface area contributed by atoms with Gasteiger partial charge in [-0.15, -0.1) is 0 Å². The SMILES string of the molecule is CO[C@@H](C)[C@@H]1O[C@H](c2ccccc2)[C@@]1(O[Si](C)(C)C)C(C)(C)C. The van der Waals surface area contributed by atoms with E-state index in [1.165, 1.54) is 5.56 Å². The largest absolute Gasteiger partial charge is 0.406 e. The van der Waals surface area contributed by atoms with Gasteiger partial charge in [0.05, 0.1) is 6.10 Å². The zero-order valence-electron chi connectivity index (χ0n) is 15.8. The second-order valence-electron chi connectivity index (χ2n) is 8.55. The van der Waals surface area contributed by atoms with Gasteiger partial charge < -0.3 is 13.9 Å². The molecule has 1 aliphatic rings. The van der Waals surface area contributed by atoms with Gasteiger partial charge in [0.15, 0.2) is 8.32 Å². The summed E-state index contributed by atoms with van der Waals surface area (Å²) in [5, 5.41) is 0. The van der Waals surface area contributed by atoms with Gasteiger partial charge >= 0.3 is 0 Å². The van der Waals surface area contributed by atoms with Crippen LogP contribution < -0.4 is 0 Å². The van der Waals surface area contributed by atoms with Gasteiger partial charge in [-0.2, -0.15) is 0 Å². The Morgan fingerprint density at radius 1 is 1.13 bits per heavy atom. The first-order valence-electron chi connectivity index (χ1n) is 8.46. The van der Waals surface area contributed by atoms with E-state index < -0.39 is 8.32 Å². The van der Waals surface area contributed by atoms with E-state index in [1.54, 1.807) is 7.11 Å². The van der Waals surface area contributed by atoms with Crippen LogP contribution in [0.1, 0.15) is 39.4 Å². The normalized spacial score (nSPS) is 29.9. The van der Waals surface area contributed by atoms with Gasteiger partial charge in [0.25, 0.3) is 0 Å². The molecule has 2 rings (SSSR count). The lowest BCUT2D eigenvalue weighted by Crippen LogP contribution is -2.73. The van der Waals surface area contributed by atoms with Crippen molar-refractivity contribution in [3.8, 4) is 0 Å². The molecule has 1 aromatic carbocycles. The summed E-state index contributed by atoms with van der Waals surface area (Å²) in [6, 6.07) is 10.4. The average molecular weight is 337 g/mol. The molecule has 1 fully saturated rings. The minimum atomic E-state index is -1.78. The average Bonchev–Trinajstić information content (AvgIpc) is 2.42. The number of hydrogen-bond acceptors (Lipinski definition) is 3. The Morgan fingerprint density at radius 2 is 1.70 bits per heavy atom. The fraction of sp³-hybridized carbons (Fsp3) is 0.684. The van der Waals surface area contributed by atoms with Crippen molar-refractivity contribution in [2.75, 3.05) is 7.11 Å². The van der Waals surface area contributed by atoms with Crippen LogP contribution >= 0.6 is 0 Å². The van der Waals surface area contributed by atoms with Crippen LogP contribution in [0.2, 0.25) is 19.6 Å². The maximum absolute atomic E-state index is 6.86. The van der Waals surface area contributed by atoms with E-state index in [-0.39, 0.29) is 29.3 Å². The van der Waals surface area contributed by atoms with Crippen molar-refractivity contribution in [3.63, 3.8) is 0 Å². The molecular weight excluding hydrogens is 304 g/mol. The second kappa shape index (κ2) is 6.32. The van der Waals surface area contributed by atoms with Crippen molar-refractivity contribution in [2.24, 2.45) is 5.41 Å². The number of methoxy groups -OCH3 is 1. The molecule has 4 atom stereocenters. The van der Waals surface area contributed by atoms with Crippen LogP contribution in [0.3, 0.4) is 0 Å². The summed E-state index contributed by atoms with van der Waals surface area (Å²) in [7, 11) is -0.0409. The second-order valence-corrected chi connectivity index (χ2v) is 13.0.